The largest absolute Gasteiger partial charge is 0.355 e. The summed E-state index contributed by atoms with van der Waals surface area (Å²) in [4.78, 5) is 5.50. The first-order valence-electron chi connectivity index (χ1n) is 7.61. The highest BCUT2D eigenvalue weighted by Crippen LogP contribution is 2.32. The van der Waals surface area contributed by atoms with Crippen LogP contribution in [-0.4, -0.2) is 39.1 Å². The molecule has 1 aromatic heterocycles. The first kappa shape index (κ1) is 22.2. The van der Waals surface area contributed by atoms with E-state index in [4.69, 9.17) is 0 Å². The molecule has 25 heavy (non-hydrogen) atoms. The molecule has 6 nitrogen and oxygen atoms in total. The summed E-state index contributed by atoms with van der Waals surface area (Å²) in [7, 11) is 3.69. The van der Waals surface area contributed by atoms with Gasteiger partial charge in [-0.05, 0) is 38.1 Å². The number of aryl methyl sites for hydroxylation is 1. The molecule has 0 radical (unpaired) electrons. The summed E-state index contributed by atoms with van der Waals surface area (Å²) in [5.41, 5.74) is 0. The highest BCUT2D eigenvalue weighted by atomic mass is 127. The third-order valence-electron chi connectivity index (χ3n) is 3.33. The van der Waals surface area contributed by atoms with Gasteiger partial charge in [-0.15, -0.1) is 45.9 Å². The van der Waals surface area contributed by atoms with Gasteiger partial charge in [0.2, 0.25) is 0 Å². The fourth-order valence-electron chi connectivity index (χ4n) is 2.00. The van der Waals surface area contributed by atoms with E-state index in [1.165, 1.54) is 4.90 Å². The second kappa shape index (κ2) is 10.4. The van der Waals surface area contributed by atoms with E-state index in [1.54, 1.807) is 13.4 Å². The Morgan fingerprint density at radius 1 is 1.28 bits per heavy atom. The topological polar surface area (TPSA) is 67.1 Å². The average Bonchev–Trinajstić information content (AvgIpc) is 2.95. The van der Waals surface area contributed by atoms with Crippen LogP contribution in [0.15, 0.2) is 45.0 Å². The standard InChI is InChI=1S/C16H23BrN6S.HI/c1-16(2,24-13-7-5-12(17)6-8-13)10-20-15(18-3)19-9-14-22-21-11-23(14)4;/h5-8,11H,9-10H2,1-4H3,(H2,18,19,20);1H. The normalized spacial score (nSPS) is 11.8. The van der Waals surface area contributed by atoms with Gasteiger partial charge in [-0.2, -0.15) is 0 Å². The molecule has 2 aromatic rings. The molecule has 9 heteroatoms. The van der Waals surface area contributed by atoms with Crippen LogP contribution in [0.5, 0.6) is 0 Å². The van der Waals surface area contributed by atoms with Crippen LogP contribution >= 0.6 is 51.7 Å². The summed E-state index contributed by atoms with van der Waals surface area (Å²) < 4.78 is 3.00. The summed E-state index contributed by atoms with van der Waals surface area (Å²) in [6.07, 6.45) is 1.69. The number of nitrogens with one attached hydrogen (secondary N) is 2. The van der Waals surface area contributed by atoms with Crippen molar-refractivity contribution in [3.05, 3.63) is 40.9 Å². The molecule has 0 aliphatic rings. The van der Waals surface area contributed by atoms with E-state index in [-0.39, 0.29) is 28.7 Å². The van der Waals surface area contributed by atoms with Crippen LogP contribution in [0.1, 0.15) is 19.7 Å². The van der Waals surface area contributed by atoms with Gasteiger partial charge in [-0.25, -0.2) is 0 Å². The van der Waals surface area contributed by atoms with Crippen LogP contribution in [0, 0.1) is 0 Å². The van der Waals surface area contributed by atoms with Crippen LogP contribution in [0.4, 0.5) is 0 Å². The lowest BCUT2D eigenvalue weighted by Crippen LogP contribution is -2.43. The molecule has 0 fully saturated rings. The minimum atomic E-state index is 0. The fourth-order valence-corrected chi connectivity index (χ4v) is 3.32. The Morgan fingerprint density at radius 3 is 2.52 bits per heavy atom. The Bertz CT molecular complexity index is 686. The van der Waals surface area contributed by atoms with Crippen molar-refractivity contribution in [3.8, 4) is 0 Å². The zero-order valence-corrected chi connectivity index (χ0v) is 19.5. The number of hydrogen-bond donors (Lipinski definition) is 2. The van der Waals surface area contributed by atoms with Crippen molar-refractivity contribution in [2.75, 3.05) is 13.6 Å². The first-order chi connectivity index (χ1) is 11.4. The van der Waals surface area contributed by atoms with Gasteiger partial charge in [-0.1, -0.05) is 15.9 Å². The molecule has 0 saturated heterocycles. The zero-order valence-electron chi connectivity index (χ0n) is 14.8. The highest BCUT2D eigenvalue weighted by molar-refractivity contribution is 14.0. The van der Waals surface area contributed by atoms with Gasteiger partial charge in [-0.3, -0.25) is 4.99 Å². The second-order valence-electron chi connectivity index (χ2n) is 5.95. The minimum absolute atomic E-state index is 0. The molecule has 0 amide bonds. The van der Waals surface area contributed by atoms with Crippen molar-refractivity contribution in [2.45, 2.75) is 30.0 Å². The Labute approximate surface area is 178 Å². The van der Waals surface area contributed by atoms with Crippen LogP contribution in [-0.2, 0) is 13.6 Å². The van der Waals surface area contributed by atoms with E-state index >= 15 is 0 Å². The van der Waals surface area contributed by atoms with Gasteiger partial charge in [0.1, 0.15) is 6.33 Å². The van der Waals surface area contributed by atoms with Gasteiger partial charge in [0, 0.05) is 34.8 Å². The number of hydrogen-bond acceptors (Lipinski definition) is 4. The Hall–Kier alpha value is -0.810. The number of nitrogens with zero attached hydrogens (tertiary/aromatic N) is 4. The number of rotatable bonds is 6. The number of aromatic nitrogens is 3. The molecule has 0 saturated carbocycles. The maximum absolute atomic E-state index is 4.26. The molecule has 138 valence electrons. The smallest absolute Gasteiger partial charge is 0.191 e. The van der Waals surface area contributed by atoms with E-state index in [1.807, 2.05) is 23.4 Å². The van der Waals surface area contributed by atoms with E-state index in [9.17, 15) is 0 Å². The lowest BCUT2D eigenvalue weighted by atomic mass is 10.2. The van der Waals surface area contributed by atoms with Crippen LogP contribution < -0.4 is 10.6 Å². The summed E-state index contributed by atoms with van der Waals surface area (Å²) in [6, 6.07) is 8.37. The van der Waals surface area contributed by atoms with Gasteiger partial charge >= 0.3 is 0 Å². The molecule has 1 heterocycles. The van der Waals surface area contributed by atoms with Crippen molar-refractivity contribution in [2.24, 2.45) is 12.0 Å². The van der Waals surface area contributed by atoms with Crippen molar-refractivity contribution in [1.29, 1.82) is 0 Å². The SMILES string of the molecule is CN=C(NCc1nncn1C)NCC(C)(C)Sc1ccc(Br)cc1.I. The van der Waals surface area contributed by atoms with Crippen molar-refractivity contribution in [1.82, 2.24) is 25.4 Å². The van der Waals surface area contributed by atoms with E-state index in [2.05, 4.69) is 79.9 Å². The number of aliphatic imine (C=N–C) groups is 1. The molecule has 0 aliphatic carbocycles. The summed E-state index contributed by atoms with van der Waals surface area (Å²) in [5, 5.41) is 14.6. The fraction of sp³-hybridized carbons (Fsp3) is 0.438. The van der Waals surface area contributed by atoms with Crippen LogP contribution in [0.2, 0.25) is 0 Å². The van der Waals surface area contributed by atoms with E-state index < -0.39 is 0 Å². The minimum Gasteiger partial charge on any atom is -0.355 e. The van der Waals surface area contributed by atoms with Gasteiger partial charge in [0.25, 0.3) is 0 Å². The third-order valence-corrected chi connectivity index (χ3v) is 5.07. The number of thioether (sulfide) groups is 1. The van der Waals surface area contributed by atoms with Crippen molar-refractivity contribution in [3.63, 3.8) is 0 Å². The van der Waals surface area contributed by atoms with Gasteiger partial charge in [0.15, 0.2) is 11.8 Å². The Morgan fingerprint density at radius 2 is 1.96 bits per heavy atom. The summed E-state index contributed by atoms with van der Waals surface area (Å²) in [6.45, 7) is 5.79. The number of halogens is 2. The number of guanidine groups is 1. The van der Waals surface area contributed by atoms with E-state index in [0.29, 0.717) is 6.54 Å². The first-order valence-corrected chi connectivity index (χ1v) is 9.22. The predicted molar refractivity (Wildman–Crippen MR) is 119 cm³/mol. The molecular formula is C16H24BrIN6S. The third kappa shape index (κ3) is 7.53. The van der Waals surface area contributed by atoms with Crippen LogP contribution in [0.25, 0.3) is 0 Å². The maximum atomic E-state index is 4.26. The lowest BCUT2D eigenvalue weighted by Gasteiger charge is -2.25. The summed E-state index contributed by atoms with van der Waals surface area (Å²) in [5.74, 6) is 1.61. The average molecular weight is 539 g/mol. The Balaban J connectivity index is 0.00000312. The maximum Gasteiger partial charge on any atom is 0.191 e. The van der Waals surface area contributed by atoms with Crippen LogP contribution in [0.3, 0.4) is 0 Å². The molecule has 0 aliphatic heterocycles. The molecule has 0 bridgehead atoms. The quantitative estimate of drug-likeness (QED) is 0.255. The Kier molecular flexibility index (Phi) is 9.22. The molecule has 2 N–H and O–H groups in total. The second-order valence-corrected chi connectivity index (χ2v) is 8.65. The van der Waals surface area contributed by atoms with E-state index in [0.717, 1.165) is 22.8 Å². The number of benzene rings is 1. The van der Waals surface area contributed by atoms with Crippen molar-refractivity contribution >= 4 is 57.6 Å². The monoisotopic (exact) mass is 538 g/mol. The zero-order chi connectivity index (χ0) is 17.6. The molecule has 2 rings (SSSR count). The van der Waals surface area contributed by atoms with Gasteiger partial charge < -0.3 is 15.2 Å². The highest BCUT2D eigenvalue weighted by Gasteiger charge is 2.20. The molecule has 0 spiro atoms. The predicted octanol–water partition coefficient (Wildman–Crippen LogP) is 3.43. The molecule has 0 unspecified atom stereocenters. The molecule has 0 atom stereocenters. The molecule has 1 aromatic carbocycles. The lowest BCUT2D eigenvalue weighted by molar-refractivity contribution is 0.655. The van der Waals surface area contributed by atoms with Crippen molar-refractivity contribution < 1.29 is 0 Å². The summed E-state index contributed by atoms with van der Waals surface area (Å²) >= 11 is 5.30. The molecular weight excluding hydrogens is 515 g/mol. The van der Waals surface area contributed by atoms with Gasteiger partial charge in [0.05, 0.1) is 6.54 Å².